The summed E-state index contributed by atoms with van der Waals surface area (Å²) < 4.78 is 53.6. The number of ether oxygens (including phenoxy) is 2. The van der Waals surface area contributed by atoms with Crippen molar-refractivity contribution >= 4 is 46.3 Å². The van der Waals surface area contributed by atoms with Crippen LogP contribution in [0.4, 0.5) is 4.79 Å². The first-order valence-electron chi connectivity index (χ1n) is 12.4. The number of nitrogens with one attached hydrogen (secondary N) is 3. The van der Waals surface area contributed by atoms with Gasteiger partial charge in [0, 0.05) is 16.9 Å². The Bertz CT molecular complexity index is 1410. The molecular weight excluding hydrogens is 577 g/mol. The molecular formula is C27H31ClN3O7PS. The van der Waals surface area contributed by atoms with Crippen LogP contribution >= 0.6 is 18.9 Å². The lowest BCUT2D eigenvalue weighted by Crippen LogP contribution is -2.40. The quantitative estimate of drug-likeness (QED) is 0.185. The summed E-state index contributed by atoms with van der Waals surface area (Å²) in [5.41, 5.74) is 1.14. The standard InChI is InChI=1S/C27H31ClN3O7PS/c1-2-37-25(32)19-30-39(34,24-11-7-4-8-12-24)26(22-13-15-23(28)16-14-22)31-40(35,36)18-17-29-27(33)38-20-21-9-5-3-6-10-21/h3-16,26,31H,2,17-20H2,1H3,(H,29,33)(H,30,34). The molecule has 3 aromatic rings. The number of carbonyl (C=O) groups is 2. The maximum atomic E-state index is 14.6. The minimum Gasteiger partial charge on any atom is -0.465 e. The van der Waals surface area contributed by atoms with E-state index in [0.29, 0.717) is 15.9 Å². The summed E-state index contributed by atoms with van der Waals surface area (Å²) in [7, 11) is -8.01. The number of sulfonamides is 1. The Morgan fingerprint density at radius 1 is 0.925 bits per heavy atom. The summed E-state index contributed by atoms with van der Waals surface area (Å²) in [5.74, 6) is -2.48. The average Bonchev–Trinajstić information content (AvgIpc) is 2.95. The topological polar surface area (TPSA) is 140 Å². The molecule has 1 amide bonds. The zero-order valence-corrected chi connectivity index (χ0v) is 24.3. The first-order valence-corrected chi connectivity index (χ1v) is 16.2. The first kappa shape index (κ1) is 31.3. The number of hydrogen-bond donors (Lipinski definition) is 3. The molecule has 2 atom stereocenters. The van der Waals surface area contributed by atoms with Crippen molar-refractivity contribution in [1.29, 1.82) is 0 Å². The number of carbonyl (C=O) groups excluding carboxylic acids is 2. The molecule has 2 unspecified atom stereocenters. The Morgan fingerprint density at radius 3 is 2.17 bits per heavy atom. The number of esters is 1. The monoisotopic (exact) mass is 607 g/mol. The summed E-state index contributed by atoms with van der Waals surface area (Å²) >= 11 is 6.04. The van der Waals surface area contributed by atoms with Gasteiger partial charge in [0.2, 0.25) is 10.0 Å². The van der Waals surface area contributed by atoms with Gasteiger partial charge in [0.15, 0.2) is 7.29 Å². The summed E-state index contributed by atoms with van der Waals surface area (Å²) in [4.78, 5) is 24.2. The van der Waals surface area contributed by atoms with Crippen molar-refractivity contribution in [3.8, 4) is 0 Å². The van der Waals surface area contributed by atoms with Crippen molar-refractivity contribution in [2.24, 2.45) is 0 Å². The van der Waals surface area contributed by atoms with Crippen molar-refractivity contribution in [2.75, 3.05) is 25.4 Å². The predicted molar refractivity (Wildman–Crippen MR) is 154 cm³/mol. The van der Waals surface area contributed by atoms with E-state index in [2.05, 4.69) is 15.1 Å². The maximum absolute atomic E-state index is 14.6. The van der Waals surface area contributed by atoms with Gasteiger partial charge in [-0.05, 0) is 30.2 Å². The molecule has 0 heterocycles. The van der Waals surface area contributed by atoms with Crippen LogP contribution in [-0.4, -0.2) is 45.9 Å². The fourth-order valence-electron chi connectivity index (χ4n) is 3.66. The lowest BCUT2D eigenvalue weighted by atomic mass is 10.2. The Balaban J connectivity index is 1.79. The molecule has 0 saturated heterocycles. The van der Waals surface area contributed by atoms with Crippen LogP contribution in [-0.2, 0) is 35.5 Å². The van der Waals surface area contributed by atoms with Crippen LogP contribution in [0.25, 0.3) is 0 Å². The van der Waals surface area contributed by atoms with Gasteiger partial charge in [0.25, 0.3) is 0 Å². The van der Waals surface area contributed by atoms with E-state index in [0.717, 1.165) is 5.56 Å². The minimum absolute atomic E-state index is 0.0305. The van der Waals surface area contributed by atoms with Gasteiger partial charge >= 0.3 is 12.1 Å². The van der Waals surface area contributed by atoms with Crippen LogP contribution in [0.15, 0.2) is 84.9 Å². The summed E-state index contributed by atoms with van der Waals surface area (Å²) in [6, 6.07) is 23.4. The van der Waals surface area contributed by atoms with Gasteiger partial charge in [-0.25, -0.2) is 13.2 Å². The van der Waals surface area contributed by atoms with Crippen molar-refractivity contribution in [3.05, 3.63) is 101 Å². The summed E-state index contributed by atoms with van der Waals surface area (Å²) in [6.07, 6.45) is -0.778. The van der Waals surface area contributed by atoms with Crippen LogP contribution in [0.3, 0.4) is 0 Å². The molecule has 0 saturated carbocycles. The molecule has 3 aromatic carbocycles. The second-order valence-electron chi connectivity index (χ2n) is 8.51. The number of benzene rings is 3. The van der Waals surface area contributed by atoms with Crippen LogP contribution in [0.2, 0.25) is 5.02 Å². The fraction of sp³-hybridized carbons (Fsp3) is 0.259. The van der Waals surface area contributed by atoms with Crippen LogP contribution in [0.1, 0.15) is 23.8 Å². The molecule has 13 heteroatoms. The zero-order valence-electron chi connectivity index (χ0n) is 21.8. The molecule has 0 spiro atoms. The van der Waals surface area contributed by atoms with Gasteiger partial charge in [-0.3, -0.25) is 14.4 Å². The molecule has 10 nitrogen and oxygen atoms in total. The molecule has 3 N–H and O–H groups in total. The highest BCUT2D eigenvalue weighted by Gasteiger charge is 2.39. The molecule has 0 aliphatic carbocycles. The number of amides is 1. The highest BCUT2D eigenvalue weighted by molar-refractivity contribution is 7.90. The fourth-order valence-corrected chi connectivity index (χ4v) is 8.06. The van der Waals surface area contributed by atoms with Crippen LogP contribution < -0.4 is 20.4 Å². The molecule has 3 rings (SSSR count). The Hall–Kier alpha value is -3.21. The van der Waals surface area contributed by atoms with E-state index in [1.165, 1.54) is 0 Å². The summed E-state index contributed by atoms with van der Waals surface area (Å²) in [5, 5.41) is 5.88. The van der Waals surface area contributed by atoms with E-state index in [1.807, 2.05) is 18.2 Å². The van der Waals surface area contributed by atoms with Crippen LogP contribution in [0.5, 0.6) is 0 Å². The first-order chi connectivity index (χ1) is 19.1. The highest BCUT2D eigenvalue weighted by atomic mass is 35.5. The lowest BCUT2D eigenvalue weighted by Gasteiger charge is -2.30. The molecule has 214 valence electrons. The molecule has 0 aliphatic rings. The third-order valence-electron chi connectivity index (χ3n) is 5.60. The van der Waals surface area contributed by atoms with Crippen molar-refractivity contribution in [3.63, 3.8) is 0 Å². The van der Waals surface area contributed by atoms with Crippen molar-refractivity contribution < 1.29 is 32.0 Å². The highest BCUT2D eigenvalue weighted by Crippen LogP contribution is 2.53. The number of alkyl carbamates (subject to hydrolysis) is 1. The largest absolute Gasteiger partial charge is 0.465 e. The Morgan fingerprint density at radius 2 is 1.55 bits per heavy atom. The zero-order chi connectivity index (χ0) is 29.0. The van der Waals surface area contributed by atoms with E-state index in [-0.39, 0.29) is 19.8 Å². The normalized spacial score (nSPS) is 13.6. The maximum Gasteiger partial charge on any atom is 0.407 e. The van der Waals surface area contributed by atoms with E-state index < -0.39 is 47.5 Å². The molecule has 0 bridgehead atoms. The molecule has 0 aliphatic heterocycles. The Labute approximate surface area is 238 Å². The van der Waals surface area contributed by atoms with E-state index in [9.17, 15) is 22.6 Å². The predicted octanol–water partition coefficient (Wildman–Crippen LogP) is 3.94. The van der Waals surface area contributed by atoms with E-state index >= 15 is 0 Å². The average molecular weight is 608 g/mol. The van der Waals surface area contributed by atoms with Crippen LogP contribution in [0, 0.1) is 0 Å². The van der Waals surface area contributed by atoms with E-state index in [1.54, 1.807) is 73.7 Å². The second kappa shape index (κ2) is 15.0. The van der Waals surface area contributed by atoms with Gasteiger partial charge in [-0.15, -0.1) is 0 Å². The third kappa shape index (κ3) is 9.46. The Kier molecular flexibility index (Phi) is 11.7. The number of rotatable bonds is 14. The van der Waals surface area contributed by atoms with Gasteiger partial charge in [0.1, 0.15) is 18.9 Å². The molecule has 0 aromatic heterocycles. The van der Waals surface area contributed by atoms with Gasteiger partial charge in [0.05, 0.1) is 12.4 Å². The van der Waals surface area contributed by atoms with Gasteiger partial charge in [-0.2, -0.15) is 4.72 Å². The SMILES string of the molecule is CCOC(=O)CNP(=O)(c1ccccc1)C(NS(=O)(=O)CCNC(=O)OCc1ccccc1)c1ccc(Cl)cc1. The molecule has 0 fully saturated rings. The third-order valence-corrected chi connectivity index (χ3v) is 10.2. The number of halogens is 1. The van der Waals surface area contributed by atoms with Crippen molar-refractivity contribution in [2.45, 2.75) is 19.3 Å². The van der Waals surface area contributed by atoms with Crippen molar-refractivity contribution in [1.82, 2.24) is 15.1 Å². The molecule has 0 radical (unpaired) electrons. The smallest absolute Gasteiger partial charge is 0.407 e. The summed E-state index contributed by atoms with van der Waals surface area (Å²) in [6.45, 7) is 1.13. The second-order valence-corrected chi connectivity index (χ2v) is 13.5. The van der Waals surface area contributed by atoms with E-state index in [4.69, 9.17) is 21.1 Å². The number of hydrogen-bond acceptors (Lipinski definition) is 7. The van der Waals surface area contributed by atoms with Gasteiger partial charge in [-0.1, -0.05) is 84.4 Å². The molecule has 40 heavy (non-hydrogen) atoms. The van der Waals surface area contributed by atoms with Gasteiger partial charge < -0.3 is 14.8 Å². The lowest BCUT2D eigenvalue weighted by molar-refractivity contribution is -0.141. The minimum atomic E-state index is -4.12.